The molecule has 1 aromatic carbocycles. The van der Waals surface area contributed by atoms with E-state index in [1.165, 1.54) is 31.2 Å². The van der Waals surface area contributed by atoms with Gasteiger partial charge in [0.15, 0.2) is 0 Å². The van der Waals surface area contributed by atoms with Crippen LogP contribution >= 0.6 is 0 Å². The fourth-order valence-electron chi connectivity index (χ4n) is 3.71. The van der Waals surface area contributed by atoms with E-state index in [-0.39, 0.29) is 13.2 Å². The van der Waals surface area contributed by atoms with Gasteiger partial charge in [0.2, 0.25) is 0 Å². The van der Waals surface area contributed by atoms with Crippen LogP contribution in [0.1, 0.15) is 45.1 Å². The van der Waals surface area contributed by atoms with Gasteiger partial charge in [0.1, 0.15) is 5.75 Å². The molecule has 12 heteroatoms. The number of phenolic OH excluding ortho intramolecular Hbond substituents is 1. The van der Waals surface area contributed by atoms with Gasteiger partial charge in [0, 0.05) is 0 Å². The Labute approximate surface area is 277 Å². The first-order valence-electron chi connectivity index (χ1n) is 16.8. The molecule has 3 N–H and O–H groups in total. The normalized spacial score (nSPS) is 11.2. The predicted octanol–water partition coefficient (Wildman–Crippen LogP) is 3.27. The van der Waals surface area contributed by atoms with Crippen molar-refractivity contribution in [3.8, 4) is 5.75 Å². The van der Waals surface area contributed by atoms with Gasteiger partial charge in [-0.25, -0.2) is 0 Å². The summed E-state index contributed by atoms with van der Waals surface area (Å²) < 4.78 is 47.7. The van der Waals surface area contributed by atoms with Gasteiger partial charge in [0.25, 0.3) is 0 Å². The minimum Gasteiger partial charge on any atom is -0.508 e. The molecule has 0 amide bonds. The van der Waals surface area contributed by atoms with E-state index in [9.17, 15) is 0 Å². The van der Waals surface area contributed by atoms with Crippen molar-refractivity contribution >= 4 is 0 Å². The molecule has 46 heavy (non-hydrogen) atoms. The summed E-state index contributed by atoms with van der Waals surface area (Å²) in [5.74, 6) is 1.19. The fraction of sp³-hybridized carbons (Fsp3) is 0.824. The number of aryl methyl sites for hydroxylation is 1. The lowest BCUT2D eigenvalue weighted by atomic mass is 10.0. The van der Waals surface area contributed by atoms with Crippen molar-refractivity contribution in [3.63, 3.8) is 0 Å². The van der Waals surface area contributed by atoms with Crippen molar-refractivity contribution in [3.05, 3.63) is 29.8 Å². The van der Waals surface area contributed by atoms with Crippen molar-refractivity contribution in [2.24, 2.45) is 5.92 Å². The lowest BCUT2D eigenvalue weighted by molar-refractivity contribution is -0.0260. The number of hydrogen-bond acceptors (Lipinski definition) is 12. The number of phenols is 1. The second-order valence-electron chi connectivity index (χ2n) is 10.6. The highest BCUT2D eigenvalue weighted by atomic mass is 16.6. The summed E-state index contributed by atoms with van der Waals surface area (Å²) >= 11 is 0. The van der Waals surface area contributed by atoms with E-state index in [0.717, 1.165) is 12.3 Å². The third-order valence-electron chi connectivity index (χ3n) is 6.13. The molecular weight excluding hydrogens is 600 g/mol. The van der Waals surface area contributed by atoms with Gasteiger partial charge in [-0.05, 0) is 36.5 Å². The summed E-state index contributed by atoms with van der Waals surface area (Å²) in [4.78, 5) is 0. The Morgan fingerprint density at radius 3 is 1.02 bits per heavy atom. The second kappa shape index (κ2) is 38.0. The lowest BCUT2D eigenvalue weighted by Gasteiger charge is -2.08. The van der Waals surface area contributed by atoms with Crippen molar-refractivity contribution in [1.29, 1.82) is 0 Å². The van der Waals surface area contributed by atoms with E-state index in [4.69, 9.17) is 58.0 Å². The number of unbranched alkanes of at least 4 members (excludes halogenated alkanes) is 2. The molecule has 0 aliphatic rings. The number of aliphatic hydroxyl groups is 2. The van der Waals surface area contributed by atoms with Crippen LogP contribution < -0.4 is 0 Å². The maximum Gasteiger partial charge on any atom is 0.115 e. The Morgan fingerprint density at radius 1 is 0.435 bits per heavy atom. The van der Waals surface area contributed by atoms with Crippen molar-refractivity contribution < 1.29 is 58.0 Å². The molecule has 0 saturated heterocycles. The Hall–Kier alpha value is -1.42. The zero-order valence-corrected chi connectivity index (χ0v) is 28.6. The standard InChI is InChI=1S/C20H42O11.C14H22O/c21-1-3-23-5-7-25-9-11-27-13-15-29-17-19-31-20-18-30-16-14-28-12-10-26-8-6-24-4-2-22;1-12(2)6-4-3-5-7-13-8-10-14(15)11-9-13/h21-22H,1-20H2;8-12,15H,3-7H2,1-2H3. The molecule has 1 aromatic rings. The summed E-state index contributed by atoms with van der Waals surface area (Å²) in [6.07, 6.45) is 6.40. The summed E-state index contributed by atoms with van der Waals surface area (Å²) in [5.41, 5.74) is 1.33. The summed E-state index contributed by atoms with van der Waals surface area (Å²) in [5, 5.41) is 26.2. The number of rotatable bonds is 34. The van der Waals surface area contributed by atoms with E-state index in [1.807, 2.05) is 12.1 Å². The zero-order chi connectivity index (χ0) is 33.6. The average Bonchev–Trinajstić information content (AvgIpc) is 3.05. The van der Waals surface area contributed by atoms with Gasteiger partial charge >= 0.3 is 0 Å². The molecule has 0 radical (unpaired) electrons. The highest BCUT2D eigenvalue weighted by molar-refractivity contribution is 5.25. The quantitative estimate of drug-likeness (QED) is 0.0931. The van der Waals surface area contributed by atoms with Crippen molar-refractivity contribution in [1.82, 2.24) is 0 Å². The van der Waals surface area contributed by atoms with Gasteiger partial charge in [-0.15, -0.1) is 0 Å². The molecule has 0 bridgehead atoms. The Bertz CT molecular complexity index is 665. The molecule has 0 unspecified atom stereocenters. The molecule has 0 fully saturated rings. The van der Waals surface area contributed by atoms with Crippen molar-refractivity contribution in [2.75, 3.05) is 132 Å². The van der Waals surface area contributed by atoms with Crippen LogP contribution in [0.15, 0.2) is 24.3 Å². The molecule has 1 rings (SSSR count). The number of ether oxygens (including phenoxy) is 9. The first-order valence-corrected chi connectivity index (χ1v) is 16.8. The highest BCUT2D eigenvalue weighted by Gasteiger charge is 1.97. The number of hydrogen-bond donors (Lipinski definition) is 3. The van der Waals surface area contributed by atoms with E-state index < -0.39 is 0 Å². The predicted molar refractivity (Wildman–Crippen MR) is 177 cm³/mol. The minimum atomic E-state index is 0.0278. The SMILES string of the molecule is CC(C)CCCCCc1ccc(O)cc1.OCCOCCOCCOCCOCCOCCOCCOCCOCCOCCO. The van der Waals surface area contributed by atoms with Crippen LogP contribution in [0.2, 0.25) is 0 Å². The van der Waals surface area contributed by atoms with Crippen LogP contribution in [-0.4, -0.2) is 147 Å². The van der Waals surface area contributed by atoms with Gasteiger partial charge in [-0.2, -0.15) is 0 Å². The van der Waals surface area contributed by atoms with E-state index in [2.05, 4.69) is 13.8 Å². The van der Waals surface area contributed by atoms with Crippen LogP contribution in [0.3, 0.4) is 0 Å². The molecule has 0 heterocycles. The Morgan fingerprint density at radius 2 is 0.739 bits per heavy atom. The van der Waals surface area contributed by atoms with E-state index in [1.54, 1.807) is 12.1 Å². The first-order chi connectivity index (χ1) is 22.6. The van der Waals surface area contributed by atoms with E-state index in [0.29, 0.717) is 125 Å². The van der Waals surface area contributed by atoms with Crippen LogP contribution in [0.4, 0.5) is 0 Å². The number of aromatic hydroxyl groups is 1. The number of aliphatic hydroxyl groups excluding tert-OH is 2. The average molecular weight is 665 g/mol. The molecule has 0 atom stereocenters. The molecule has 0 saturated carbocycles. The van der Waals surface area contributed by atoms with Gasteiger partial charge in [-0.1, -0.05) is 45.2 Å². The summed E-state index contributed by atoms with van der Waals surface area (Å²) in [6, 6.07) is 7.56. The summed E-state index contributed by atoms with van der Waals surface area (Å²) in [7, 11) is 0. The second-order valence-corrected chi connectivity index (χ2v) is 10.6. The topological polar surface area (TPSA) is 144 Å². The highest BCUT2D eigenvalue weighted by Crippen LogP contribution is 2.14. The third kappa shape index (κ3) is 37.0. The smallest absolute Gasteiger partial charge is 0.115 e. The molecule has 0 aliphatic heterocycles. The van der Waals surface area contributed by atoms with Gasteiger partial charge < -0.3 is 58.0 Å². The Balaban J connectivity index is 0.00000112. The maximum atomic E-state index is 9.13. The van der Waals surface area contributed by atoms with E-state index >= 15 is 0 Å². The maximum absolute atomic E-state index is 9.13. The first kappa shape index (κ1) is 44.6. The molecule has 272 valence electrons. The van der Waals surface area contributed by atoms with Crippen LogP contribution in [0.5, 0.6) is 5.75 Å². The largest absolute Gasteiger partial charge is 0.508 e. The van der Waals surface area contributed by atoms with Gasteiger partial charge in [-0.3, -0.25) is 0 Å². The van der Waals surface area contributed by atoms with Crippen LogP contribution in [-0.2, 0) is 49.1 Å². The molecular formula is C34H64O12. The molecule has 12 nitrogen and oxygen atoms in total. The lowest BCUT2D eigenvalue weighted by Crippen LogP contribution is -2.15. The Kier molecular flexibility index (Phi) is 36.9. The van der Waals surface area contributed by atoms with Gasteiger partial charge in [0.05, 0.1) is 132 Å². The fourth-order valence-corrected chi connectivity index (χ4v) is 3.71. The third-order valence-corrected chi connectivity index (χ3v) is 6.13. The van der Waals surface area contributed by atoms with Crippen LogP contribution in [0, 0.1) is 5.92 Å². The minimum absolute atomic E-state index is 0.0278. The molecule has 0 spiro atoms. The molecule has 0 aliphatic carbocycles. The van der Waals surface area contributed by atoms with Crippen LogP contribution in [0.25, 0.3) is 0 Å². The monoisotopic (exact) mass is 664 g/mol. The number of benzene rings is 1. The zero-order valence-electron chi connectivity index (χ0n) is 28.6. The van der Waals surface area contributed by atoms with Crippen molar-refractivity contribution in [2.45, 2.75) is 46.0 Å². The summed E-state index contributed by atoms with van der Waals surface area (Å²) in [6.45, 7) is 13.3. The molecule has 0 aromatic heterocycles.